The molecule has 1 atom stereocenters. The van der Waals surface area contributed by atoms with Crippen molar-refractivity contribution in [2.45, 2.75) is 45.6 Å². The van der Waals surface area contributed by atoms with Crippen molar-refractivity contribution >= 4 is 17.2 Å². The molecule has 0 radical (unpaired) electrons. The highest BCUT2D eigenvalue weighted by atomic mass is 32.1. The molecule has 1 fully saturated rings. The van der Waals surface area contributed by atoms with Gasteiger partial charge >= 0.3 is 0 Å². The number of nitrogens with one attached hydrogen (secondary N) is 1. The first-order valence-electron chi connectivity index (χ1n) is 9.25. The van der Waals surface area contributed by atoms with Gasteiger partial charge in [-0.3, -0.25) is 4.79 Å². The number of carbonyl (C=O) groups is 1. The summed E-state index contributed by atoms with van der Waals surface area (Å²) in [5.41, 5.74) is 3.35. The number of aromatic nitrogens is 1. The van der Waals surface area contributed by atoms with Crippen molar-refractivity contribution in [3.63, 3.8) is 0 Å². The van der Waals surface area contributed by atoms with Gasteiger partial charge in [0.1, 0.15) is 5.01 Å². The maximum Gasteiger partial charge on any atom is 0.228 e. The van der Waals surface area contributed by atoms with Gasteiger partial charge in [-0.25, -0.2) is 4.98 Å². The number of amides is 1. The highest BCUT2D eigenvalue weighted by Gasteiger charge is 2.26. The largest absolute Gasteiger partial charge is 0.338 e. The van der Waals surface area contributed by atoms with Gasteiger partial charge in [-0.05, 0) is 31.4 Å². The quantitative estimate of drug-likeness (QED) is 0.825. The molecule has 3 rings (SSSR count). The summed E-state index contributed by atoms with van der Waals surface area (Å²) in [6, 6.07) is 8.88. The van der Waals surface area contributed by atoms with E-state index < -0.39 is 0 Å². The predicted octanol–water partition coefficient (Wildman–Crippen LogP) is 3.52. The molecule has 4 nitrogen and oxygen atoms in total. The normalized spacial score (nSPS) is 17.0. The first kappa shape index (κ1) is 18.1. The predicted molar refractivity (Wildman–Crippen MR) is 104 cm³/mol. The van der Waals surface area contributed by atoms with Crippen molar-refractivity contribution < 1.29 is 4.79 Å². The van der Waals surface area contributed by atoms with E-state index in [0.29, 0.717) is 12.5 Å². The molecule has 1 amide bonds. The molecular weight excluding hydrogens is 330 g/mol. The summed E-state index contributed by atoms with van der Waals surface area (Å²) >= 11 is 1.62. The van der Waals surface area contributed by atoms with Crippen molar-refractivity contribution in [1.82, 2.24) is 15.2 Å². The van der Waals surface area contributed by atoms with Crippen molar-refractivity contribution in [1.29, 1.82) is 0 Å². The van der Waals surface area contributed by atoms with Crippen LogP contribution >= 0.6 is 11.3 Å². The first-order chi connectivity index (χ1) is 12.2. The molecule has 25 heavy (non-hydrogen) atoms. The summed E-state index contributed by atoms with van der Waals surface area (Å²) in [4.78, 5) is 19.5. The fourth-order valence-corrected chi connectivity index (χ4v) is 4.14. The van der Waals surface area contributed by atoms with Gasteiger partial charge in [-0.2, -0.15) is 0 Å². The molecule has 0 spiro atoms. The second-order valence-electron chi connectivity index (χ2n) is 6.61. The van der Waals surface area contributed by atoms with Crippen LogP contribution < -0.4 is 5.32 Å². The second-order valence-corrected chi connectivity index (χ2v) is 7.46. The summed E-state index contributed by atoms with van der Waals surface area (Å²) < 4.78 is 0. The molecule has 134 valence electrons. The SMILES string of the molecule is CCCN(C(=O)Cc1csc(-c2ccc(CC)cc2)n1)C1CCNC1. The van der Waals surface area contributed by atoms with Gasteiger partial charge in [0.05, 0.1) is 12.1 Å². The van der Waals surface area contributed by atoms with Crippen LogP contribution in [0.15, 0.2) is 29.6 Å². The zero-order chi connectivity index (χ0) is 17.6. The molecule has 2 aromatic rings. The smallest absolute Gasteiger partial charge is 0.228 e. The molecule has 1 aliphatic heterocycles. The van der Waals surface area contributed by atoms with Crippen LogP contribution in [0.25, 0.3) is 10.6 Å². The van der Waals surface area contributed by atoms with E-state index in [4.69, 9.17) is 4.98 Å². The zero-order valence-corrected chi connectivity index (χ0v) is 15.9. The summed E-state index contributed by atoms with van der Waals surface area (Å²) in [5, 5.41) is 6.38. The lowest BCUT2D eigenvalue weighted by Crippen LogP contribution is -2.42. The van der Waals surface area contributed by atoms with E-state index in [1.807, 2.05) is 5.38 Å². The highest BCUT2D eigenvalue weighted by molar-refractivity contribution is 7.13. The number of carbonyl (C=O) groups excluding carboxylic acids is 1. The summed E-state index contributed by atoms with van der Waals surface area (Å²) in [5.74, 6) is 0.203. The van der Waals surface area contributed by atoms with Gasteiger partial charge in [0.15, 0.2) is 0 Å². The Kier molecular flexibility index (Phi) is 6.21. The monoisotopic (exact) mass is 357 g/mol. The van der Waals surface area contributed by atoms with Crippen LogP contribution in [0.1, 0.15) is 37.9 Å². The van der Waals surface area contributed by atoms with Crippen LogP contribution in [0.3, 0.4) is 0 Å². The van der Waals surface area contributed by atoms with E-state index >= 15 is 0 Å². The average molecular weight is 358 g/mol. The Morgan fingerprint density at radius 1 is 1.32 bits per heavy atom. The average Bonchev–Trinajstić information content (AvgIpc) is 3.31. The van der Waals surface area contributed by atoms with E-state index in [1.165, 1.54) is 5.56 Å². The molecule has 0 aliphatic carbocycles. The fraction of sp³-hybridized carbons (Fsp3) is 0.500. The first-order valence-corrected chi connectivity index (χ1v) is 10.1. The summed E-state index contributed by atoms with van der Waals surface area (Å²) in [6.07, 6.45) is 3.49. The lowest BCUT2D eigenvalue weighted by Gasteiger charge is -2.28. The van der Waals surface area contributed by atoms with Crippen LogP contribution in [-0.4, -0.2) is 41.5 Å². The third kappa shape index (κ3) is 4.47. The summed E-state index contributed by atoms with van der Waals surface area (Å²) in [7, 11) is 0. The maximum absolute atomic E-state index is 12.8. The minimum absolute atomic E-state index is 0.203. The highest BCUT2D eigenvalue weighted by Crippen LogP contribution is 2.25. The van der Waals surface area contributed by atoms with Gasteiger partial charge in [-0.1, -0.05) is 38.1 Å². The van der Waals surface area contributed by atoms with Gasteiger partial charge in [0.2, 0.25) is 5.91 Å². The molecule has 1 aromatic heterocycles. The van der Waals surface area contributed by atoms with E-state index in [9.17, 15) is 4.79 Å². The third-order valence-corrected chi connectivity index (χ3v) is 5.69. The molecule has 2 heterocycles. The number of thiazole rings is 1. The molecule has 1 unspecified atom stereocenters. The van der Waals surface area contributed by atoms with E-state index in [2.05, 4.69) is 48.3 Å². The molecule has 1 N–H and O–H groups in total. The van der Waals surface area contributed by atoms with E-state index in [1.54, 1.807) is 11.3 Å². The third-order valence-electron chi connectivity index (χ3n) is 4.75. The van der Waals surface area contributed by atoms with Crippen molar-refractivity contribution in [3.8, 4) is 10.6 Å². The maximum atomic E-state index is 12.8. The number of hydrogen-bond acceptors (Lipinski definition) is 4. The van der Waals surface area contributed by atoms with Crippen LogP contribution in [0.5, 0.6) is 0 Å². The molecule has 5 heteroatoms. The number of hydrogen-bond donors (Lipinski definition) is 1. The number of rotatable bonds is 7. The molecule has 1 aromatic carbocycles. The van der Waals surface area contributed by atoms with Gasteiger partial charge < -0.3 is 10.2 Å². The molecule has 0 saturated carbocycles. The van der Waals surface area contributed by atoms with Crippen molar-refractivity contribution in [2.24, 2.45) is 0 Å². The van der Waals surface area contributed by atoms with Crippen molar-refractivity contribution in [2.75, 3.05) is 19.6 Å². The van der Waals surface area contributed by atoms with Gasteiger partial charge in [0, 0.05) is 30.1 Å². The molecule has 1 saturated heterocycles. The molecular formula is C20H27N3OS. The van der Waals surface area contributed by atoms with Crippen molar-refractivity contribution in [3.05, 3.63) is 40.9 Å². The minimum Gasteiger partial charge on any atom is -0.338 e. The lowest BCUT2D eigenvalue weighted by molar-refractivity contribution is -0.132. The standard InChI is InChI=1S/C20H27N3OS/c1-3-11-23(18-9-10-21-13-18)19(24)12-17-14-25-20(22-17)16-7-5-15(4-2)6-8-16/h5-8,14,18,21H,3-4,9-13H2,1-2H3. The lowest BCUT2D eigenvalue weighted by atomic mass is 10.1. The van der Waals surface area contributed by atoms with Crippen LogP contribution in [0, 0.1) is 0 Å². The number of nitrogens with zero attached hydrogens (tertiary/aromatic N) is 2. The molecule has 0 bridgehead atoms. The van der Waals surface area contributed by atoms with Crippen LogP contribution in [0.4, 0.5) is 0 Å². The van der Waals surface area contributed by atoms with Gasteiger partial charge in [-0.15, -0.1) is 11.3 Å². The Labute approximate surface area is 154 Å². The van der Waals surface area contributed by atoms with Crippen LogP contribution in [-0.2, 0) is 17.6 Å². The van der Waals surface area contributed by atoms with E-state index in [-0.39, 0.29) is 5.91 Å². The summed E-state index contributed by atoms with van der Waals surface area (Å²) in [6.45, 7) is 7.04. The number of aryl methyl sites for hydroxylation is 1. The Morgan fingerprint density at radius 2 is 2.12 bits per heavy atom. The Hall–Kier alpha value is -1.72. The Bertz CT molecular complexity index is 689. The molecule has 1 aliphatic rings. The second kappa shape index (κ2) is 8.59. The zero-order valence-electron chi connectivity index (χ0n) is 15.1. The number of benzene rings is 1. The minimum atomic E-state index is 0.203. The Balaban J connectivity index is 1.67. The van der Waals surface area contributed by atoms with Gasteiger partial charge in [0.25, 0.3) is 0 Å². The topological polar surface area (TPSA) is 45.2 Å². The van der Waals surface area contributed by atoms with E-state index in [0.717, 1.165) is 55.2 Å². The van der Waals surface area contributed by atoms with Crippen LogP contribution in [0.2, 0.25) is 0 Å². The Morgan fingerprint density at radius 3 is 2.76 bits per heavy atom. The fourth-order valence-electron chi connectivity index (χ4n) is 3.32.